The average molecular weight is 274 g/mol. The Morgan fingerprint density at radius 2 is 2.00 bits per heavy atom. The van der Waals surface area contributed by atoms with Crippen molar-refractivity contribution in [1.29, 1.82) is 0 Å². The number of carbonyl (C=O) groups is 2. The third-order valence-corrected chi connectivity index (χ3v) is 2.30. The maximum atomic E-state index is 11.5. The molecule has 1 heterocycles. The summed E-state index contributed by atoms with van der Waals surface area (Å²) in [6, 6.07) is -0.217. The second-order valence-corrected chi connectivity index (χ2v) is 5.30. The van der Waals surface area contributed by atoms with E-state index in [1.54, 1.807) is 20.8 Å². The van der Waals surface area contributed by atoms with Crippen LogP contribution in [0.3, 0.4) is 0 Å². The van der Waals surface area contributed by atoms with Gasteiger partial charge in [-0.25, -0.2) is 4.79 Å². The molecule has 0 radical (unpaired) electrons. The van der Waals surface area contributed by atoms with Gasteiger partial charge in [-0.15, -0.1) is 0 Å². The van der Waals surface area contributed by atoms with Crippen LogP contribution >= 0.6 is 0 Å². The van der Waals surface area contributed by atoms with Gasteiger partial charge in [-0.3, -0.25) is 4.79 Å². The zero-order valence-corrected chi connectivity index (χ0v) is 11.6. The number of ether oxygens (including phenoxy) is 3. The van der Waals surface area contributed by atoms with Crippen molar-refractivity contribution >= 4 is 12.5 Å². The lowest BCUT2D eigenvalue weighted by atomic mass is 10.2. The Labute approximate surface area is 113 Å². The summed E-state index contributed by atoms with van der Waals surface area (Å²) < 4.78 is 16.0. The van der Waals surface area contributed by atoms with E-state index in [4.69, 9.17) is 14.2 Å². The Balaban J connectivity index is 2.19. The molecule has 1 rings (SSSR count). The fourth-order valence-electron chi connectivity index (χ4n) is 1.53. The average Bonchev–Trinajstić information content (AvgIpc) is 2.29. The summed E-state index contributed by atoms with van der Waals surface area (Å²) in [6.45, 7) is 6.64. The van der Waals surface area contributed by atoms with Gasteiger partial charge < -0.3 is 24.8 Å². The molecule has 1 fully saturated rings. The van der Waals surface area contributed by atoms with Crippen LogP contribution in [0.1, 0.15) is 27.2 Å². The molecule has 2 N–H and O–H groups in total. The molecule has 19 heavy (non-hydrogen) atoms. The van der Waals surface area contributed by atoms with Crippen molar-refractivity contribution in [2.75, 3.05) is 19.8 Å². The molecular formula is C12H22N2O5. The smallest absolute Gasteiger partial charge is 0.408 e. The molecule has 0 atom stereocenters. The third kappa shape index (κ3) is 6.97. The summed E-state index contributed by atoms with van der Waals surface area (Å²) in [5.41, 5.74) is -0.524. The first-order chi connectivity index (χ1) is 8.90. The van der Waals surface area contributed by atoms with Crippen molar-refractivity contribution in [3.8, 4) is 0 Å². The Hall–Kier alpha value is -1.34. The lowest BCUT2D eigenvalue weighted by molar-refractivity contribution is -0.190. The number of hydrogen-bond donors (Lipinski definition) is 2. The van der Waals surface area contributed by atoms with E-state index in [1.165, 1.54) is 0 Å². The van der Waals surface area contributed by atoms with E-state index in [-0.39, 0.29) is 12.3 Å². The second kappa shape index (κ2) is 7.30. The van der Waals surface area contributed by atoms with E-state index in [1.807, 2.05) is 0 Å². The zero-order valence-electron chi connectivity index (χ0n) is 11.6. The lowest BCUT2D eigenvalue weighted by Crippen LogP contribution is -2.48. The van der Waals surface area contributed by atoms with Gasteiger partial charge >= 0.3 is 6.09 Å². The van der Waals surface area contributed by atoms with Crippen LogP contribution in [0.25, 0.3) is 0 Å². The molecule has 0 aromatic rings. The second-order valence-electron chi connectivity index (χ2n) is 5.30. The predicted molar refractivity (Wildman–Crippen MR) is 67.5 cm³/mol. The molecule has 0 aliphatic carbocycles. The minimum atomic E-state index is -0.524. The summed E-state index contributed by atoms with van der Waals surface area (Å²) in [4.78, 5) is 21.6. The molecule has 1 saturated heterocycles. The number of rotatable bonds is 5. The van der Waals surface area contributed by atoms with Crippen LogP contribution in [0.4, 0.5) is 4.79 Å². The quantitative estimate of drug-likeness (QED) is 0.559. The Morgan fingerprint density at radius 1 is 1.37 bits per heavy atom. The van der Waals surface area contributed by atoms with Gasteiger partial charge in [0.05, 0.1) is 19.3 Å². The summed E-state index contributed by atoms with van der Waals surface area (Å²) in [5, 5.41) is 5.21. The molecule has 0 spiro atoms. The third-order valence-electron chi connectivity index (χ3n) is 2.30. The van der Waals surface area contributed by atoms with Gasteiger partial charge in [0.25, 0.3) is 0 Å². The molecule has 1 aliphatic rings. The minimum absolute atomic E-state index is 0.217. The van der Waals surface area contributed by atoms with Gasteiger partial charge in [-0.2, -0.15) is 0 Å². The molecule has 7 nitrogen and oxygen atoms in total. The minimum Gasteiger partial charge on any atom is -0.444 e. The number of alkyl carbamates (subject to hydrolysis) is 1. The van der Waals surface area contributed by atoms with Crippen molar-refractivity contribution in [2.24, 2.45) is 0 Å². The van der Waals surface area contributed by atoms with E-state index in [0.717, 1.165) is 0 Å². The molecule has 1 aliphatic heterocycles. The van der Waals surface area contributed by atoms with E-state index < -0.39 is 11.7 Å². The fraction of sp³-hybridized carbons (Fsp3) is 0.833. The lowest BCUT2D eigenvalue weighted by Gasteiger charge is -2.30. The first-order valence-corrected chi connectivity index (χ1v) is 6.30. The van der Waals surface area contributed by atoms with Crippen LogP contribution in [0.5, 0.6) is 0 Å². The number of hydrogen-bond acceptors (Lipinski definition) is 5. The summed E-state index contributed by atoms with van der Waals surface area (Å²) >= 11 is 0. The topological polar surface area (TPSA) is 85.9 Å². The fourth-order valence-corrected chi connectivity index (χ4v) is 1.53. The normalized spacial score (nSPS) is 23.5. The van der Waals surface area contributed by atoms with Crippen LogP contribution in [0.2, 0.25) is 0 Å². The van der Waals surface area contributed by atoms with Gasteiger partial charge in [-0.05, 0) is 20.8 Å². The standard InChI is InChI=1S/C12H22N2O5/c1-12(2,3)19-11(16)14-9-6-17-10(18-7-9)4-5-13-8-15/h8-10H,4-7H2,1-3H3,(H,13,15)(H,14,16). The van der Waals surface area contributed by atoms with Crippen molar-refractivity contribution in [3.05, 3.63) is 0 Å². The first-order valence-electron chi connectivity index (χ1n) is 6.30. The molecule has 0 bridgehead atoms. The van der Waals surface area contributed by atoms with Gasteiger partial charge in [0.1, 0.15) is 5.60 Å². The molecule has 0 unspecified atom stereocenters. The zero-order chi connectivity index (χ0) is 14.3. The van der Waals surface area contributed by atoms with Crippen molar-refractivity contribution in [1.82, 2.24) is 10.6 Å². The van der Waals surface area contributed by atoms with Crippen LogP contribution in [0.15, 0.2) is 0 Å². The monoisotopic (exact) mass is 274 g/mol. The van der Waals surface area contributed by atoms with E-state index in [0.29, 0.717) is 32.6 Å². The highest BCUT2D eigenvalue weighted by atomic mass is 16.7. The molecule has 0 aromatic heterocycles. The largest absolute Gasteiger partial charge is 0.444 e. The van der Waals surface area contributed by atoms with E-state index in [2.05, 4.69) is 10.6 Å². The summed E-state index contributed by atoms with van der Waals surface area (Å²) in [5.74, 6) is 0. The van der Waals surface area contributed by atoms with Crippen LogP contribution in [-0.4, -0.2) is 50.2 Å². The summed E-state index contributed by atoms with van der Waals surface area (Å²) in [6.07, 6.45) is 0.392. The van der Waals surface area contributed by atoms with Crippen LogP contribution in [0, 0.1) is 0 Å². The molecule has 110 valence electrons. The SMILES string of the molecule is CC(C)(C)OC(=O)NC1COC(CCNC=O)OC1. The predicted octanol–water partition coefficient (Wildman–Crippen LogP) is 0.389. The van der Waals surface area contributed by atoms with Gasteiger partial charge in [-0.1, -0.05) is 0 Å². The highest BCUT2D eigenvalue weighted by Crippen LogP contribution is 2.10. The molecule has 2 amide bonds. The maximum Gasteiger partial charge on any atom is 0.408 e. The van der Waals surface area contributed by atoms with Crippen molar-refractivity contribution in [2.45, 2.75) is 45.1 Å². The number of amides is 2. The van der Waals surface area contributed by atoms with Crippen molar-refractivity contribution < 1.29 is 23.8 Å². The van der Waals surface area contributed by atoms with E-state index in [9.17, 15) is 9.59 Å². The first kappa shape index (κ1) is 15.7. The number of carbonyl (C=O) groups excluding carboxylic acids is 2. The van der Waals surface area contributed by atoms with Gasteiger partial charge in [0.2, 0.25) is 6.41 Å². The Bertz CT molecular complexity index is 295. The Morgan fingerprint density at radius 3 is 2.53 bits per heavy atom. The van der Waals surface area contributed by atoms with Crippen LogP contribution in [-0.2, 0) is 19.0 Å². The highest BCUT2D eigenvalue weighted by molar-refractivity contribution is 5.68. The molecular weight excluding hydrogens is 252 g/mol. The van der Waals surface area contributed by atoms with Crippen molar-refractivity contribution in [3.63, 3.8) is 0 Å². The summed E-state index contributed by atoms with van der Waals surface area (Å²) in [7, 11) is 0. The van der Waals surface area contributed by atoms with Gasteiger partial charge in [0, 0.05) is 13.0 Å². The van der Waals surface area contributed by atoms with Gasteiger partial charge in [0.15, 0.2) is 6.29 Å². The Kier molecular flexibility index (Phi) is 6.04. The highest BCUT2D eigenvalue weighted by Gasteiger charge is 2.25. The van der Waals surface area contributed by atoms with Crippen LogP contribution < -0.4 is 10.6 Å². The number of nitrogens with one attached hydrogen (secondary N) is 2. The maximum absolute atomic E-state index is 11.5. The molecule has 0 aromatic carbocycles. The van der Waals surface area contributed by atoms with E-state index >= 15 is 0 Å². The molecule has 0 saturated carbocycles. The molecule has 7 heteroatoms.